The van der Waals surface area contributed by atoms with Crippen LogP contribution in [-0.4, -0.2) is 23.0 Å². The lowest BCUT2D eigenvalue weighted by Gasteiger charge is -2.37. The Morgan fingerprint density at radius 2 is 2.12 bits per heavy atom. The third kappa shape index (κ3) is 2.60. The molecule has 17 heavy (non-hydrogen) atoms. The molecule has 2 atom stereocenters. The van der Waals surface area contributed by atoms with Crippen LogP contribution in [0, 0.1) is 6.92 Å². The lowest BCUT2D eigenvalue weighted by molar-refractivity contribution is 0.119. The van der Waals surface area contributed by atoms with Crippen LogP contribution in [0.15, 0.2) is 10.5 Å². The van der Waals surface area contributed by atoms with Crippen molar-refractivity contribution in [2.45, 2.75) is 51.7 Å². The van der Waals surface area contributed by atoms with Gasteiger partial charge in [0.15, 0.2) is 0 Å². The fourth-order valence-corrected chi connectivity index (χ4v) is 4.31. The van der Waals surface area contributed by atoms with E-state index in [1.807, 2.05) is 11.3 Å². The number of aryl methyl sites for hydroxylation is 1. The molecule has 0 amide bonds. The van der Waals surface area contributed by atoms with Gasteiger partial charge in [0.05, 0.1) is 6.04 Å². The molecule has 1 aromatic rings. The third-order valence-electron chi connectivity index (χ3n) is 3.47. The fraction of sp³-hybridized carbons (Fsp3) is 0.692. The Labute approximate surface area is 116 Å². The highest BCUT2D eigenvalue weighted by Crippen LogP contribution is 2.41. The molecule has 0 spiro atoms. The van der Waals surface area contributed by atoms with Gasteiger partial charge in [-0.25, -0.2) is 0 Å². The molecule has 1 aromatic heterocycles. The van der Waals surface area contributed by atoms with Gasteiger partial charge in [-0.05, 0) is 56.1 Å². The summed E-state index contributed by atoms with van der Waals surface area (Å²) in [6.07, 6.45) is 1.09. The van der Waals surface area contributed by atoms with Crippen molar-refractivity contribution in [2.75, 3.05) is 6.54 Å². The van der Waals surface area contributed by atoms with Crippen LogP contribution in [0.5, 0.6) is 0 Å². The summed E-state index contributed by atoms with van der Waals surface area (Å²) in [5.41, 5.74) is 6.49. The van der Waals surface area contributed by atoms with Gasteiger partial charge >= 0.3 is 0 Å². The maximum atomic E-state index is 6.31. The minimum absolute atomic E-state index is 0.184. The van der Waals surface area contributed by atoms with Crippen LogP contribution in [0.3, 0.4) is 0 Å². The standard InChI is InChI=1S/C13H21BrN2S/c1-8-9(14)7-11(17-8)12-10(15)5-6-16(12)13(2,3)4/h7,10,12H,5-6,15H2,1-4H3. The van der Waals surface area contributed by atoms with E-state index in [2.05, 4.69) is 54.6 Å². The minimum atomic E-state index is 0.184. The first-order chi connectivity index (χ1) is 7.80. The van der Waals surface area contributed by atoms with Crippen LogP contribution in [0.4, 0.5) is 0 Å². The van der Waals surface area contributed by atoms with Crippen molar-refractivity contribution in [3.8, 4) is 0 Å². The predicted octanol–water partition coefficient (Wildman–Crippen LogP) is 3.69. The molecular weight excluding hydrogens is 296 g/mol. The molecule has 0 radical (unpaired) electrons. The van der Waals surface area contributed by atoms with Crippen LogP contribution in [-0.2, 0) is 0 Å². The summed E-state index contributed by atoms with van der Waals surface area (Å²) in [6, 6.07) is 2.89. The van der Waals surface area contributed by atoms with Crippen molar-refractivity contribution in [3.05, 3.63) is 20.3 Å². The Hall–Kier alpha value is 0.100. The SMILES string of the molecule is Cc1sc(C2C(N)CCN2C(C)(C)C)cc1Br. The molecule has 0 aliphatic carbocycles. The molecule has 96 valence electrons. The van der Waals surface area contributed by atoms with E-state index in [1.54, 1.807) is 0 Å². The Balaban J connectivity index is 2.34. The molecule has 2 unspecified atom stereocenters. The van der Waals surface area contributed by atoms with Crippen molar-refractivity contribution in [1.82, 2.24) is 4.90 Å². The van der Waals surface area contributed by atoms with Gasteiger partial charge in [0.25, 0.3) is 0 Å². The van der Waals surface area contributed by atoms with Crippen molar-refractivity contribution < 1.29 is 0 Å². The zero-order chi connectivity index (χ0) is 12.8. The molecule has 2 rings (SSSR count). The number of hydrogen-bond acceptors (Lipinski definition) is 3. The van der Waals surface area contributed by atoms with Crippen LogP contribution in [0.1, 0.15) is 43.0 Å². The van der Waals surface area contributed by atoms with E-state index in [9.17, 15) is 0 Å². The maximum absolute atomic E-state index is 6.31. The topological polar surface area (TPSA) is 29.3 Å². The minimum Gasteiger partial charge on any atom is -0.326 e. The molecule has 0 saturated carbocycles. The summed E-state index contributed by atoms with van der Waals surface area (Å²) in [6.45, 7) is 10.1. The van der Waals surface area contributed by atoms with Gasteiger partial charge in [-0.3, -0.25) is 4.90 Å². The number of halogens is 1. The van der Waals surface area contributed by atoms with Crippen LogP contribution in [0.2, 0.25) is 0 Å². The molecule has 1 saturated heterocycles. The van der Waals surface area contributed by atoms with Crippen molar-refractivity contribution >= 4 is 27.3 Å². The summed E-state index contributed by atoms with van der Waals surface area (Å²) in [5, 5.41) is 0. The van der Waals surface area contributed by atoms with Gasteiger partial charge in [0, 0.05) is 32.4 Å². The fourth-order valence-electron chi connectivity index (χ4n) is 2.56. The van der Waals surface area contributed by atoms with E-state index in [0.29, 0.717) is 6.04 Å². The smallest absolute Gasteiger partial charge is 0.0598 e. The first-order valence-electron chi connectivity index (χ1n) is 6.09. The molecule has 0 bridgehead atoms. The Kier molecular flexibility index (Phi) is 3.70. The number of nitrogens with zero attached hydrogens (tertiary/aromatic N) is 1. The normalized spacial score (nSPS) is 26.7. The van der Waals surface area contributed by atoms with Gasteiger partial charge < -0.3 is 5.73 Å². The van der Waals surface area contributed by atoms with E-state index in [1.165, 1.54) is 14.2 Å². The van der Waals surface area contributed by atoms with Crippen LogP contribution >= 0.6 is 27.3 Å². The second kappa shape index (κ2) is 4.65. The average Bonchev–Trinajstić information content (AvgIpc) is 2.70. The van der Waals surface area contributed by atoms with Crippen molar-refractivity contribution in [2.24, 2.45) is 5.73 Å². The molecule has 1 fully saturated rings. The van der Waals surface area contributed by atoms with Gasteiger partial charge in [0.1, 0.15) is 0 Å². The summed E-state index contributed by atoms with van der Waals surface area (Å²) in [4.78, 5) is 5.28. The highest BCUT2D eigenvalue weighted by molar-refractivity contribution is 9.10. The molecule has 1 aliphatic heterocycles. The number of hydrogen-bond donors (Lipinski definition) is 1. The van der Waals surface area contributed by atoms with Gasteiger partial charge in [-0.15, -0.1) is 11.3 Å². The Morgan fingerprint density at radius 1 is 1.47 bits per heavy atom. The summed E-state index contributed by atoms with van der Waals surface area (Å²) in [7, 11) is 0. The second-order valence-electron chi connectivity index (χ2n) is 5.81. The van der Waals surface area contributed by atoms with Gasteiger partial charge in [-0.2, -0.15) is 0 Å². The largest absolute Gasteiger partial charge is 0.326 e. The van der Waals surface area contributed by atoms with Gasteiger partial charge in [0.2, 0.25) is 0 Å². The quantitative estimate of drug-likeness (QED) is 0.856. The third-order valence-corrected chi connectivity index (χ3v) is 5.68. The first kappa shape index (κ1) is 13.5. The number of thiophene rings is 1. The van der Waals surface area contributed by atoms with E-state index in [4.69, 9.17) is 5.73 Å². The van der Waals surface area contributed by atoms with E-state index < -0.39 is 0 Å². The second-order valence-corrected chi connectivity index (χ2v) is 7.96. The zero-order valence-corrected chi connectivity index (χ0v) is 13.4. The monoisotopic (exact) mass is 316 g/mol. The van der Waals surface area contributed by atoms with Crippen LogP contribution in [0.25, 0.3) is 0 Å². The summed E-state index contributed by atoms with van der Waals surface area (Å²) >= 11 is 5.47. The lowest BCUT2D eigenvalue weighted by Crippen LogP contribution is -2.43. The molecule has 2 heterocycles. The Morgan fingerprint density at radius 3 is 2.59 bits per heavy atom. The molecule has 1 aliphatic rings. The summed E-state index contributed by atoms with van der Waals surface area (Å²) in [5.74, 6) is 0. The highest BCUT2D eigenvalue weighted by Gasteiger charge is 2.39. The Bertz CT molecular complexity index is 389. The molecule has 4 heteroatoms. The van der Waals surface area contributed by atoms with E-state index in [0.717, 1.165) is 13.0 Å². The molecule has 2 N–H and O–H groups in total. The summed E-state index contributed by atoms with van der Waals surface area (Å²) < 4.78 is 1.21. The molecule has 0 aromatic carbocycles. The molecule has 2 nitrogen and oxygen atoms in total. The van der Waals surface area contributed by atoms with Crippen LogP contribution < -0.4 is 5.73 Å². The number of nitrogens with two attached hydrogens (primary N) is 1. The number of likely N-dealkylation sites (tertiary alicyclic amines) is 1. The van der Waals surface area contributed by atoms with Crippen molar-refractivity contribution in [3.63, 3.8) is 0 Å². The predicted molar refractivity (Wildman–Crippen MR) is 78.5 cm³/mol. The van der Waals surface area contributed by atoms with E-state index in [-0.39, 0.29) is 11.6 Å². The lowest BCUT2D eigenvalue weighted by atomic mass is 10.0. The van der Waals surface area contributed by atoms with E-state index >= 15 is 0 Å². The number of rotatable bonds is 1. The van der Waals surface area contributed by atoms with Crippen molar-refractivity contribution in [1.29, 1.82) is 0 Å². The molecular formula is C13H21BrN2S. The highest BCUT2D eigenvalue weighted by atomic mass is 79.9. The first-order valence-corrected chi connectivity index (χ1v) is 7.70. The maximum Gasteiger partial charge on any atom is 0.0598 e. The zero-order valence-electron chi connectivity index (χ0n) is 11.0. The van der Waals surface area contributed by atoms with Gasteiger partial charge in [-0.1, -0.05) is 0 Å². The average molecular weight is 317 g/mol.